The molecule has 3 N–H and O–H groups in total. The summed E-state index contributed by atoms with van der Waals surface area (Å²) in [6.45, 7) is 2.77. The first kappa shape index (κ1) is 15.4. The highest BCUT2D eigenvalue weighted by molar-refractivity contribution is 5.90. The van der Waals surface area contributed by atoms with E-state index in [1.807, 2.05) is 0 Å². The second-order valence-electron chi connectivity index (χ2n) is 6.56. The molecule has 1 aromatic carbocycles. The van der Waals surface area contributed by atoms with Gasteiger partial charge in [0.15, 0.2) is 0 Å². The Morgan fingerprint density at radius 2 is 2.14 bits per heavy atom. The van der Waals surface area contributed by atoms with Gasteiger partial charge in [-0.25, -0.2) is 4.39 Å². The van der Waals surface area contributed by atoms with Gasteiger partial charge in [0.2, 0.25) is 5.91 Å². The fourth-order valence-electron chi connectivity index (χ4n) is 3.83. The third kappa shape index (κ3) is 3.47. The number of para-hydroxylation sites is 1. The lowest BCUT2D eigenvalue weighted by Gasteiger charge is -2.29. The molecule has 2 fully saturated rings. The highest BCUT2D eigenvalue weighted by Crippen LogP contribution is 2.35. The number of anilines is 1. The van der Waals surface area contributed by atoms with Gasteiger partial charge in [-0.05, 0) is 36.8 Å². The second-order valence-corrected chi connectivity index (χ2v) is 6.56. The van der Waals surface area contributed by atoms with Crippen LogP contribution in [0.2, 0.25) is 0 Å². The van der Waals surface area contributed by atoms with Gasteiger partial charge in [0, 0.05) is 32.1 Å². The van der Waals surface area contributed by atoms with Crippen molar-refractivity contribution in [2.24, 2.45) is 17.6 Å². The predicted molar refractivity (Wildman–Crippen MR) is 84.9 cm³/mol. The molecule has 1 heterocycles. The number of amides is 1. The third-order valence-corrected chi connectivity index (χ3v) is 5.03. The molecule has 0 aromatic heterocycles. The Morgan fingerprint density at radius 3 is 2.91 bits per heavy atom. The Labute approximate surface area is 130 Å². The fraction of sp³-hybridized carbons (Fsp3) is 0.588. The van der Waals surface area contributed by atoms with Gasteiger partial charge in [0.1, 0.15) is 5.82 Å². The second kappa shape index (κ2) is 6.75. The van der Waals surface area contributed by atoms with Crippen molar-refractivity contribution in [2.45, 2.75) is 31.7 Å². The zero-order valence-electron chi connectivity index (χ0n) is 12.8. The molecule has 1 amide bonds. The van der Waals surface area contributed by atoms with Crippen LogP contribution in [-0.2, 0) is 4.79 Å². The van der Waals surface area contributed by atoms with E-state index < -0.39 is 5.82 Å². The number of hydrogen-bond donors (Lipinski definition) is 2. The van der Waals surface area contributed by atoms with E-state index in [9.17, 15) is 9.18 Å². The molecule has 5 heteroatoms. The first-order chi connectivity index (χ1) is 10.6. The van der Waals surface area contributed by atoms with Crippen molar-refractivity contribution in [1.82, 2.24) is 4.90 Å². The number of nitrogens with zero attached hydrogens (tertiary/aromatic N) is 1. The standard InChI is InChI=1S/C17H24FN3O/c18-14-5-1-2-7-16(14)20-17(22)8-9-21-10-12-4-3-6-15(19)13(12)11-21/h1-2,5,7,12-13,15H,3-4,6,8-11,19H2,(H,20,22). The van der Waals surface area contributed by atoms with Gasteiger partial charge >= 0.3 is 0 Å². The monoisotopic (exact) mass is 305 g/mol. The van der Waals surface area contributed by atoms with Gasteiger partial charge in [0.05, 0.1) is 5.69 Å². The first-order valence-electron chi connectivity index (χ1n) is 8.16. The molecule has 22 heavy (non-hydrogen) atoms. The van der Waals surface area contributed by atoms with Crippen molar-refractivity contribution in [2.75, 3.05) is 25.0 Å². The molecule has 1 saturated heterocycles. The summed E-state index contributed by atoms with van der Waals surface area (Å²) in [6, 6.07) is 6.57. The zero-order chi connectivity index (χ0) is 15.5. The summed E-state index contributed by atoms with van der Waals surface area (Å²) < 4.78 is 13.5. The lowest BCUT2D eigenvalue weighted by molar-refractivity contribution is -0.116. The zero-order valence-corrected chi connectivity index (χ0v) is 12.8. The number of nitrogens with two attached hydrogens (primary N) is 1. The fourth-order valence-corrected chi connectivity index (χ4v) is 3.83. The molecule has 3 unspecified atom stereocenters. The van der Waals surface area contributed by atoms with E-state index in [0.29, 0.717) is 24.3 Å². The normalized spacial score (nSPS) is 28.4. The van der Waals surface area contributed by atoms with Crippen molar-refractivity contribution in [1.29, 1.82) is 0 Å². The van der Waals surface area contributed by atoms with E-state index in [1.165, 1.54) is 18.9 Å². The minimum Gasteiger partial charge on any atom is -0.327 e. The van der Waals surface area contributed by atoms with Crippen LogP contribution in [0.25, 0.3) is 0 Å². The molecule has 3 rings (SSSR count). The maximum Gasteiger partial charge on any atom is 0.225 e. The van der Waals surface area contributed by atoms with E-state index in [0.717, 1.165) is 26.1 Å². The molecule has 1 aromatic rings. The van der Waals surface area contributed by atoms with Gasteiger partial charge < -0.3 is 16.0 Å². The van der Waals surface area contributed by atoms with Crippen LogP contribution in [0, 0.1) is 17.7 Å². The summed E-state index contributed by atoms with van der Waals surface area (Å²) in [5, 5.41) is 2.64. The van der Waals surface area contributed by atoms with Gasteiger partial charge in [-0.15, -0.1) is 0 Å². The molecule has 4 nitrogen and oxygen atoms in total. The van der Waals surface area contributed by atoms with Crippen LogP contribution in [-0.4, -0.2) is 36.5 Å². The predicted octanol–water partition coefficient (Wildman–Crippen LogP) is 2.21. The maximum absolute atomic E-state index is 13.5. The van der Waals surface area contributed by atoms with Crippen molar-refractivity contribution in [3.8, 4) is 0 Å². The summed E-state index contributed by atoms with van der Waals surface area (Å²) in [5.41, 5.74) is 6.46. The van der Waals surface area contributed by atoms with E-state index in [2.05, 4.69) is 10.2 Å². The van der Waals surface area contributed by atoms with Gasteiger partial charge in [-0.3, -0.25) is 4.79 Å². The average molecular weight is 305 g/mol. The van der Waals surface area contributed by atoms with Crippen molar-refractivity contribution < 1.29 is 9.18 Å². The lowest BCUT2D eigenvalue weighted by atomic mass is 9.78. The Kier molecular flexibility index (Phi) is 4.74. The highest BCUT2D eigenvalue weighted by Gasteiger charge is 2.38. The van der Waals surface area contributed by atoms with E-state index in [4.69, 9.17) is 5.73 Å². The molecule has 2 aliphatic rings. The van der Waals surface area contributed by atoms with E-state index in [-0.39, 0.29) is 11.6 Å². The lowest BCUT2D eigenvalue weighted by Crippen LogP contribution is -2.38. The maximum atomic E-state index is 13.5. The number of likely N-dealkylation sites (tertiary alicyclic amines) is 1. The van der Waals surface area contributed by atoms with Crippen LogP contribution >= 0.6 is 0 Å². The Bertz CT molecular complexity index is 536. The number of carbonyl (C=O) groups is 1. The molecule has 0 bridgehead atoms. The van der Waals surface area contributed by atoms with Crippen LogP contribution in [0.3, 0.4) is 0 Å². The van der Waals surface area contributed by atoms with Gasteiger partial charge in [0.25, 0.3) is 0 Å². The number of nitrogens with one attached hydrogen (secondary N) is 1. The smallest absolute Gasteiger partial charge is 0.225 e. The summed E-state index contributed by atoms with van der Waals surface area (Å²) in [4.78, 5) is 14.3. The van der Waals surface area contributed by atoms with Crippen molar-refractivity contribution >= 4 is 11.6 Å². The minimum absolute atomic E-state index is 0.135. The largest absolute Gasteiger partial charge is 0.327 e. The van der Waals surface area contributed by atoms with Crippen LogP contribution in [0.5, 0.6) is 0 Å². The Hall–Kier alpha value is -1.46. The molecular formula is C17H24FN3O. The number of halogens is 1. The molecule has 1 aliphatic heterocycles. The van der Waals surface area contributed by atoms with E-state index >= 15 is 0 Å². The molecular weight excluding hydrogens is 281 g/mol. The minimum atomic E-state index is -0.394. The quantitative estimate of drug-likeness (QED) is 0.896. The molecule has 3 atom stereocenters. The third-order valence-electron chi connectivity index (χ3n) is 5.03. The number of hydrogen-bond acceptors (Lipinski definition) is 3. The van der Waals surface area contributed by atoms with E-state index in [1.54, 1.807) is 18.2 Å². The summed E-state index contributed by atoms with van der Waals surface area (Å²) in [5.74, 6) is 0.750. The molecule has 1 aliphatic carbocycles. The van der Waals surface area contributed by atoms with Crippen LogP contribution in [0.15, 0.2) is 24.3 Å². The topological polar surface area (TPSA) is 58.4 Å². The number of carbonyl (C=O) groups excluding carboxylic acids is 1. The first-order valence-corrected chi connectivity index (χ1v) is 8.16. The van der Waals surface area contributed by atoms with Gasteiger partial charge in [-0.2, -0.15) is 0 Å². The molecule has 120 valence electrons. The van der Waals surface area contributed by atoms with Gasteiger partial charge in [-0.1, -0.05) is 18.6 Å². The summed E-state index contributed by atoms with van der Waals surface area (Å²) >= 11 is 0. The SMILES string of the molecule is NC1CCCC2CN(CCC(=O)Nc3ccccc3F)CC12. The van der Waals surface area contributed by atoms with Crippen molar-refractivity contribution in [3.63, 3.8) is 0 Å². The highest BCUT2D eigenvalue weighted by atomic mass is 19.1. The summed E-state index contributed by atoms with van der Waals surface area (Å²) in [6.07, 6.45) is 4.01. The number of fused-ring (bicyclic) bond motifs is 1. The van der Waals surface area contributed by atoms with Crippen LogP contribution in [0.1, 0.15) is 25.7 Å². The number of rotatable bonds is 4. The van der Waals surface area contributed by atoms with Crippen LogP contribution in [0.4, 0.5) is 10.1 Å². The van der Waals surface area contributed by atoms with Crippen LogP contribution < -0.4 is 11.1 Å². The summed E-state index contributed by atoms with van der Waals surface area (Å²) in [7, 11) is 0. The Balaban J connectivity index is 1.47. The molecule has 0 spiro atoms. The number of benzene rings is 1. The molecule has 1 saturated carbocycles. The molecule has 0 radical (unpaired) electrons. The van der Waals surface area contributed by atoms with Crippen molar-refractivity contribution in [3.05, 3.63) is 30.1 Å². The average Bonchev–Trinajstić information content (AvgIpc) is 2.92. The Morgan fingerprint density at radius 1 is 1.32 bits per heavy atom.